The Morgan fingerprint density at radius 2 is 1.86 bits per heavy atom. The molecule has 0 aliphatic carbocycles. The van der Waals surface area contributed by atoms with E-state index < -0.39 is 18.3 Å². The molecule has 1 amide bonds. The largest absolute Gasteiger partial charge is 0.410 e. The summed E-state index contributed by atoms with van der Waals surface area (Å²) in [6.07, 6.45) is -3.36. The highest BCUT2D eigenvalue weighted by atomic mass is 19.4. The fourth-order valence-corrected chi connectivity index (χ4v) is 4.06. The predicted molar refractivity (Wildman–Crippen MR) is 103 cm³/mol. The number of nitrogens with zero attached hydrogens (tertiary/aromatic N) is 4. The summed E-state index contributed by atoms with van der Waals surface area (Å²) >= 11 is 0. The van der Waals surface area contributed by atoms with E-state index in [0.717, 1.165) is 29.9 Å². The summed E-state index contributed by atoms with van der Waals surface area (Å²) in [7, 11) is 0. The van der Waals surface area contributed by atoms with E-state index in [1.54, 1.807) is 29.2 Å². The average Bonchev–Trinajstić information content (AvgIpc) is 3.16. The lowest BCUT2D eigenvalue weighted by Crippen LogP contribution is -2.48. The lowest BCUT2D eigenvalue weighted by molar-refractivity contribution is -0.173. The second-order valence-electron chi connectivity index (χ2n) is 7.48. The minimum atomic E-state index is -4.46. The van der Waals surface area contributed by atoms with Crippen LogP contribution in [0.4, 0.5) is 19.0 Å². The van der Waals surface area contributed by atoms with Gasteiger partial charge >= 0.3 is 6.18 Å². The molecule has 2 aromatic rings. The zero-order valence-corrected chi connectivity index (χ0v) is 16.2. The van der Waals surface area contributed by atoms with E-state index in [9.17, 15) is 18.0 Å². The van der Waals surface area contributed by atoms with Gasteiger partial charge in [-0.25, -0.2) is 4.68 Å². The number of rotatable bonds is 3. The maximum Gasteiger partial charge on any atom is 0.410 e. The van der Waals surface area contributed by atoms with Gasteiger partial charge in [-0.1, -0.05) is 37.3 Å². The molecule has 1 aromatic carbocycles. The van der Waals surface area contributed by atoms with Crippen molar-refractivity contribution < 1.29 is 18.0 Å². The van der Waals surface area contributed by atoms with Crippen molar-refractivity contribution in [2.24, 2.45) is 0 Å². The summed E-state index contributed by atoms with van der Waals surface area (Å²) in [6.45, 7) is 5.62. The van der Waals surface area contributed by atoms with Gasteiger partial charge in [0, 0.05) is 32.6 Å². The van der Waals surface area contributed by atoms with Gasteiger partial charge in [-0.3, -0.25) is 4.79 Å². The molecule has 0 saturated carbocycles. The number of aromatic nitrogens is 2. The molecule has 3 heterocycles. The third-order valence-electron chi connectivity index (χ3n) is 5.78. The summed E-state index contributed by atoms with van der Waals surface area (Å²) < 4.78 is 42.2. The Morgan fingerprint density at radius 3 is 2.48 bits per heavy atom. The summed E-state index contributed by atoms with van der Waals surface area (Å²) in [5.41, 5.74) is 0.953. The van der Waals surface area contributed by atoms with Crippen LogP contribution in [0.5, 0.6) is 0 Å². The minimum absolute atomic E-state index is 0.148. The highest BCUT2D eigenvalue weighted by molar-refractivity contribution is 5.99. The van der Waals surface area contributed by atoms with Crippen molar-refractivity contribution in [3.8, 4) is 0 Å². The maximum absolute atomic E-state index is 13.8. The first kappa shape index (κ1) is 19.8. The first-order valence-corrected chi connectivity index (χ1v) is 9.85. The predicted octanol–water partition coefficient (Wildman–Crippen LogP) is 3.32. The number of hydrogen-bond acceptors (Lipinski definition) is 4. The molecule has 1 saturated heterocycles. The van der Waals surface area contributed by atoms with Crippen molar-refractivity contribution in [3.05, 3.63) is 47.7 Å². The van der Waals surface area contributed by atoms with E-state index in [1.807, 2.05) is 6.07 Å². The molecule has 156 valence electrons. The second kappa shape index (κ2) is 7.70. The highest BCUT2D eigenvalue weighted by Gasteiger charge is 2.47. The maximum atomic E-state index is 13.8. The number of anilines is 1. The fraction of sp³-hybridized carbons (Fsp3) is 0.500. The normalized spacial score (nSPS) is 22.8. The van der Waals surface area contributed by atoms with Gasteiger partial charge in [-0.2, -0.15) is 18.3 Å². The van der Waals surface area contributed by atoms with Gasteiger partial charge in [-0.05, 0) is 12.1 Å². The van der Waals surface area contributed by atoms with E-state index in [1.165, 1.54) is 6.20 Å². The number of hydrogen-bond donors (Lipinski definition) is 1. The number of benzene rings is 1. The molecule has 2 unspecified atom stereocenters. The van der Waals surface area contributed by atoms with Gasteiger partial charge in [0.25, 0.3) is 5.91 Å². The van der Waals surface area contributed by atoms with Crippen molar-refractivity contribution in [2.45, 2.75) is 31.6 Å². The Hall–Kier alpha value is -2.55. The van der Waals surface area contributed by atoms with Crippen LogP contribution in [-0.4, -0.2) is 64.4 Å². The lowest BCUT2D eigenvalue weighted by atomic mass is 9.96. The summed E-state index contributed by atoms with van der Waals surface area (Å²) in [6, 6.07) is 6.68. The first-order chi connectivity index (χ1) is 13.9. The molecule has 1 fully saturated rings. The van der Waals surface area contributed by atoms with Gasteiger partial charge in [-0.15, -0.1) is 0 Å². The van der Waals surface area contributed by atoms with Gasteiger partial charge in [0.15, 0.2) is 6.04 Å². The zero-order valence-electron chi connectivity index (χ0n) is 16.2. The van der Waals surface area contributed by atoms with Crippen molar-refractivity contribution >= 4 is 11.7 Å². The number of fused-ring (bicyclic) bond motifs is 1. The van der Waals surface area contributed by atoms with Crippen LogP contribution in [0.3, 0.4) is 0 Å². The van der Waals surface area contributed by atoms with Crippen LogP contribution in [0.25, 0.3) is 0 Å². The molecule has 9 heteroatoms. The molecule has 0 radical (unpaired) electrons. The number of halogens is 3. The Balaban J connectivity index is 1.64. The molecule has 1 N–H and O–H groups in total. The number of piperazine rings is 1. The monoisotopic (exact) mass is 407 g/mol. The van der Waals surface area contributed by atoms with Crippen LogP contribution >= 0.6 is 0 Å². The van der Waals surface area contributed by atoms with Crippen LogP contribution in [0, 0.1) is 0 Å². The van der Waals surface area contributed by atoms with Gasteiger partial charge in [0.1, 0.15) is 11.4 Å². The first-order valence-electron chi connectivity index (χ1n) is 9.85. The number of carbonyl (C=O) groups excluding carboxylic acids is 1. The van der Waals surface area contributed by atoms with Crippen LogP contribution in [0.15, 0.2) is 36.5 Å². The number of nitrogens with one attached hydrogen (secondary N) is 1. The number of alkyl halides is 3. The van der Waals surface area contributed by atoms with Crippen molar-refractivity contribution in [1.29, 1.82) is 0 Å². The minimum Gasteiger partial charge on any atom is -0.363 e. The number of amides is 1. The topological polar surface area (TPSA) is 53.4 Å². The van der Waals surface area contributed by atoms with E-state index in [2.05, 4.69) is 22.2 Å². The quantitative estimate of drug-likeness (QED) is 0.848. The molecular weight excluding hydrogens is 383 g/mol. The van der Waals surface area contributed by atoms with Gasteiger partial charge in [0.2, 0.25) is 0 Å². The molecule has 2 aliphatic heterocycles. The molecule has 2 aliphatic rings. The Labute approximate surface area is 167 Å². The van der Waals surface area contributed by atoms with Gasteiger partial charge in [0.05, 0.1) is 12.2 Å². The van der Waals surface area contributed by atoms with Crippen molar-refractivity contribution in [1.82, 2.24) is 19.6 Å². The lowest BCUT2D eigenvalue weighted by Gasteiger charge is -2.36. The zero-order chi connectivity index (χ0) is 20.6. The molecule has 4 rings (SSSR count). The van der Waals surface area contributed by atoms with Crippen LogP contribution < -0.4 is 5.32 Å². The third-order valence-corrected chi connectivity index (χ3v) is 5.78. The van der Waals surface area contributed by atoms with E-state index in [4.69, 9.17) is 0 Å². The molecular formula is C20H24F3N5O. The standard InChI is InChI=1S/C20H24F3N5O/c1-2-26-8-10-27(11-9-26)19(29)15-13-24-28-17(20(21,22)23)12-16(25-18(15)28)14-6-4-3-5-7-14/h3-7,13,16-17,25H,2,8-12H2,1H3. The van der Waals surface area contributed by atoms with Crippen molar-refractivity contribution in [2.75, 3.05) is 38.0 Å². The van der Waals surface area contributed by atoms with Crippen LogP contribution in [0.2, 0.25) is 0 Å². The molecule has 6 nitrogen and oxygen atoms in total. The summed E-state index contributed by atoms with van der Waals surface area (Å²) in [5.74, 6) is -0.125. The van der Waals surface area contributed by atoms with Crippen molar-refractivity contribution in [3.63, 3.8) is 0 Å². The third kappa shape index (κ3) is 3.83. The number of carbonyl (C=O) groups is 1. The number of likely N-dealkylation sites (N-methyl/N-ethyl adjacent to an activating group) is 1. The Bertz CT molecular complexity index is 859. The summed E-state index contributed by atoms with van der Waals surface area (Å²) in [5, 5.41) is 7.10. The van der Waals surface area contributed by atoms with Gasteiger partial charge < -0.3 is 15.1 Å². The fourth-order valence-electron chi connectivity index (χ4n) is 4.06. The molecule has 29 heavy (non-hydrogen) atoms. The summed E-state index contributed by atoms with van der Waals surface area (Å²) in [4.78, 5) is 17.0. The Kier molecular flexibility index (Phi) is 5.24. The SMILES string of the molecule is CCN1CCN(C(=O)c2cnn3c2NC(c2ccccc2)CC3C(F)(F)F)CC1. The van der Waals surface area contributed by atoms with Crippen LogP contribution in [0.1, 0.15) is 41.3 Å². The smallest absolute Gasteiger partial charge is 0.363 e. The van der Waals surface area contributed by atoms with E-state index >= 15 is 0 Å². The molecule has 0 bridgehead atoms. The average molecular weight is 407 g/mol. The Morgan fingerprint density at radius 1 is 1.17 bits per heavy atom. The van der Waals surface area contributed by atoms with Crippen LogP contribution in [-0.2, 0) is 0 Å². The van der Waals surface area contributed by atoms with E-state index in [-0.39, 0.29) is 23.7 Å². The molecule has 1 aromatic heterocycles. The molecule has 0 spiro atoms. The molecule has 2 atom stereocenters. The second-order valence-corrected chi connectivity index (χ2v) is 7.48. The van der Waals surface area contributed by atoms with E-state index in [0.29, 0.717) is 13.1 Å². The highest BCUT2D eigenvalue weighted by Crippen LogP contribution is 2.44.